The monoisotopic (exact) mass is 655 g/mol. The maximum Gasteiger partial charge on any atom is 0.0738 e. The van der Waals surface area contributed by atoms with Crippen molar-refractivity contribution in [3.8, 4) is 0 Å². The number of benzene rings is 3. The van der Waals surface area contributed by atoms with Crippen molar-refractivity contribution in [3.63, 3.8) is 0 Å². The van der Waals surface area contributed by atoms with Gasteiger partial charge in [-0.3, -0.25) is 4.98 Å². The quantitative estimate of drug-likeness (QED) is 0.216. The second-order valence-electron chi connectivity index (χ2n) is 13.2. The Bertz CT molecular complexity index is 2480. The number of pyridine rings is 1. The SMILES string of the molecule is Cc1ccc(C2=C3C=CC(=N3)C(c3ccc(C)cc3)=C3C=CC(=N3)C(c3ccc(C)cc3)=C3C=CC(=N3)C(c3ccncc3)=C3C=CC2=N3)cc1. The van der Waals surface area contributed by atoms with Crippen LogP contribution in [0, 0.1) is 20.8 Å². The molecule has 0 saturated heterocycles. The molecule has 242 valence electrons. The minimum Gasteiger partial charge on any atom is -0.265 e. The van der Waals surface area contributed by atoms with Crippen molar-refractivity contribution in [1.82, 2.24) is 4.98 Å². The van der Waals surface area contributed by atoms with E-state index in [1.165, 1.54) is 16.7 Å². The lowest BCUT2D eigenvalue weighted by molar-refractivity contribution is 1.31. The molecule has 0 amide bonds. The van der Waals surface area contributed by atoms with Gasteiger partial charge in [-0.05, 0) is 104 Å². The van der Waals surface area contributed by atoms with Gasteiger partial charge >= 0.3 is 0 Å². The summed E-state index contributed by atoms with van der Waals surface area (Å²) in [7, 11) is 0. The molecule has 0 N–H and O–H groups in total. The van der Waals surface area contributed by atoms with Crippen LogP contribution in [0.4, 0.5) is 0 Å². The van der Waals surface area contributed by atoms with Crippen LogP contribution in [-0.4, -0.2) is 27.8 Å². The molecule has 4 aromatic rings. The van der Waals surface area contributed by atoms with Crippen molar-refractivity contribution in [2.75, 3.05) is 0 Å². The van der Waals surface area contributed by atoms with E-state index in [9.17, 15) is 0 Å². The molecule has 5 heteroatoms. The van der Waals surface area contributed by atoms with Gasteiger partial charge in [0.05, 0.1) is 45.6 Å². The first-order chi connectivity index (χ1) is 25.0. The minimum absolute atomic E-state index is 0.835. The maximum absolute atomic E-state index is 5.35. The van der Waals surface area contributed by atoms with Gasteiger partial charge in [-0.2, -0.15) is 0 Å². The molecule has 5 aliphatic heterocycles. The molecular formula is C46H33N5. The van der Waals surface area contributed by atoms with Crippen molar-refractivity contribution >= 4 is 45.1 Å². The third kappa shape index (κ3) is 5.59. The summed E-state index contributed by atoms with van der Waals surface area (Å²) >= 11 is 0. The Morgan fingerprint density at radius 2 is 0.549 bits per heavy atom. The fourth-order valence-electron chi connectivity index (χ4n) is 6.95. The van der Waals surface area contributed by atoms with Gasteiger partial charge in [0.15, 0.2) is 0 Å². The van der Waals surface area contributed by atoms with Crippen molar-refractivity contribution in [1.29, 1.82) is 0 Å². The van der Waals surface area contributed by atoms with E-state index in [-0.39, 0.29) is 0 Å². The first kappa shape index (κ1) is 30.5. The number of aliphatic imine (C=N–C) groups is 4. The fourth-order valence-corrected chi connectivity index (χ4v) is 6.95. The van der Waals surface area contributed by atoms with Crippen LogP contribution in [0.3, 0.4) is 0 Å². The molecule has 0 fully saturated rings. The van der Waals surface area contributed by atoms with E-state index in [0.717, 1.165) is 90.2 Å². The lowest BCUT2D eigenvalue weighted by atomic mass is 9.97. The lowest BCUT2D eigenvalue weighted by Gasteiger charge is -2.13. The molecule has 9 rings (SSSR count). The van der Waals surface area contributed by atoms with E-state index in [0.29, 0.717) is 0 Å². The normalized spacial score (nSPS) is 17.5. The third-order valence-corrected chi connectivity index (χ3v) is 9.60. The molecule has 0 spiro atoms. The third-order valence-electron chi connectivity index (χ3n) is 9.60. The summed E-state index contributed by atoms with van der Waals surface area (Å²) < 4.78 is 0. The number of aryl methyl sites for hydroxylation is 3. The second-order valence-corrected chi connectivity index (χ2v) is 13.2. The van der Waals surface area contributed by atoms with Crippen LogP contribution in [0.25, 0.3) is 22.3 Å². The number of hydrogen-bond acceptors (Lipinski definition) is 5. The zero-order chi connectivity index (χ0) is 34.5. The van der Waals surface area contributed by atoms with Gasteiger partial charge in [0.1, 0.15) is 0 Å². The minimum atomic E-state index is 0.835. The van der Waals surface area contributed by atoms with Gasteiger partial charge in [0.2, 0.25) is 0 Å². The molecule has 3 aromatic carbocycles. The van der Waals surface area contributed by atoms with Gasteiger partial charge < -0.3 is 0 Å². The van der Waals surface area contributed by atoms with E-state index in [2.05, 4.69) is 147 Å². The average molecular weight is 656 g/mol. The molecule has 8 bridgehead atoms. The molecular weight excluding hydrogens is 623 g/mol. The Balaban J connectivity index is 1.37. The zero-order valence-electron chi connectivity index (χ0n) is 28.6. The standard InChI is InChI=1S/C46H33N5/c1-28-4-10-31(11-5-28)43-35-16-18-37(48-35)44(32-12-6-29(2)7-13-32)39-20-22-41(50-39)46(34-24-26-47-27-25-34)42-23-21-40(51-42)45(38-19-17-36(43)49-38)33-14-8-30(3)9-15-33/h4-27H,1-3H3. The van der Waals surface area contributed by atoms with Crippen LogP contribution in [0.1, 0.15) is 38.9 Å². The van der Waals surface area contributed by atoms with Gasteiger partial charge in [-0.1, -0.05) is 89.5 Å². The van der Waals surface area contributed by atoms with Gasteiger partial charge in [-0.15, -0.1) is 0 Å². The molecule has 0 aliphatic carbocycles. The maximum atomic E-state index is 5.35. The summed E-state index contributed by atoms with van der Waals surface area (Å²) in [6, 6.07) is 29.8. The molecule has 5 aliphatic rings. The summed E-state index contributed by atoms with van der Waals surface area (Å²) in [4.78, 5) is 25.7. The predicted molar refractivity (Wildman–Crippen MR) is 212 cm³/mol. The van der Waals surface area contributed by atoms with Crippen molar-refractivity contribution < 1.29 is 0 Å². The number of rotatable bonds is 4. The van der Waals surface area contributed by atoms with E-state index < -0.39 is 0 Å². The highest BCUT2D eigenvalue weighted by Crippen LogP contribution is 2.38. The summed E-state index contributed by atoms with van der Waals surface area (Å²) in [6.07, 6.45) is 20.4. The molecule has 6 heterocycles. The molecule has 0 unspecified atom stereocenters. The summed E-state index contributed by atoms with van der Waals surface area (Å²) in [5.41, 5.74) is 18.4. The van der Waals surface area contributed by atoms with Crippen LogP contribution in [0.5, 0.6) is 0 Å². The Labute approximate surface area is 297 Å². The molecule has 5 nitrogen and oxygen atoms in total. The van der Waals surface area contributed by atoms with Crippen LogP contribution in [-0.2, 0) is 0 Å². The summed E-state index contributed by atoms with van der Waals surface area (Å²) in [5, 5.41) is 0. The largest absolute Gasteiger partial charge is 0.265 e. The number of allylic oxidation sites excluding steroid dienone is 12. The Hall–Kier alpha value is -6.59. The molecule has 51 heavy (non-hydrogen) atoms. The molecule has 0 atom stereocenters. The van der Waals surface area contributed by atoms with Crippen LogP contribution < -0.4 is 0 Å². The van der Waals surface area contributed by atoms with E-state index in [1.54, 1.807) is 0 Å². The van der Waals surface area contributed by atoms with Crippen molar-refractivity contribution in [2.24, 2.45) is 20.0 Å². The number of fused-ring (bicyclic) bond motifs is 4. The van der Waals surface area contributed by atoms with E-state index in [4.69, 9.17) is 20.0 Å². The molecule has 1 aromatic heterocycles. The van der Waals surface area contributed by atoms with E-state index in [1.807, 2.05) is 24.5 Å². The second kappa shape index (κ2) is 12.4. The van der Waals surface area contributed by atoms with Crippen LogP contribution in [0.15, 0.2) is 189 Å². The molecule has 0 saturated carbocycles. The zero-order valence-corrected chi connectivity index (χ0v) is 28.6. The van der Waals surface area contributed by atoms with E-state index >= 15 is 0 Å². The number of hydrogen-bond donors (Lipinski definition) is 0. The van der Waals surface area contributed by atoms with Crippen LogP contribution in [0.2, 0.25) is 0 Å². The van der Waals surface area contributed by atoms with Gasteiger partial charge in [0.25, 0.3) is 0 Å². The smallest absolute Gasteiger partial charge is 0.0738 e. The number of nitrogens with zero attached hydrogens (tertiary/aromatic N) is 5. The highest BCUT2D eigenvalue weighted by Gasteiger charge is 2.27. The first-order valence-corrected chi connectivity index (χ1v) is 17.2. The van der Waals surface area contributed by atoms with Crippen LogP contribution >= 0.6 is 0 Å². The average Bonchev–Trinajstić information content (AvgIpc) is 3.99. The Morgan fingerprint density at radius 3 is 0.824 bits per heavy atom. The highest BCUT2D eigenvalue weighted by molar-refractivity contribution is 6.39. The first-order valence-electron chi connectivity index (χ1n) is 17.2. The summed E-state index contributed by atoms with van der Waals surface area (Å²) in [6.45, 7) is 6.32. The van der Waals surface area contributed by atoms with Crippen molar-refractivity contribution in [3.05, 3.63) is 208 Å². The van der Waals surface area contributed by atoms with Gasteiger partial charge in [0, 0.05) is 34.7 Å². The highest BCUT2D eigenvalue weighted by atomic mass is 14.9. The Kier molecular flexibility index (Phi) is 7.40. The predicted octanol–water partition coefficient (Wildman–Crippen LogP) is 10.0. The lowest BCUT2D eigenvalue weighted by Crippen LogP contribution is -2.04. The fraction of sp³-hybridized carbons (Fsp3) is 0.0652. The Morgan fingerprint density at radius 1 is 0.294 bits per heavy atom. The van der Waals surface area contributed by atoms with Gasteiger partial charge in [-0.25, -0.2) is 20.0 Å². The molecule has 0 radical (unpaired) electrons. The number of aromatic nitrogens is 1. The summed E-state index contributed by atoms with van der Waals surface area (Å²) in [5.74, 6) is 0. The van der Waals surface area contributed by atoms with Crippen molar-refractivity contribution in [2.45, 2.75) is 20.8 Å². The topological polar surface area (TPSA) is 62.3 Å².